The van der Waals surface area contributed by atoms with Gasteiger partial charge in [-0.1, -0.05) is 24.9 Å². The zero-order chi connectivity index (χ0) is 12.1. The molecule has 2 aromatic heterocycles. The van der Waals surface area contributed by atoms with Crippen LogP contribution >= 0.6 is 22.9 Å². The van der Waals surface area contributed by atoms with Crippen molar-refractivity contribution in [1.82, 2.24) is 9.55 Å². The Morgan fingerprint density at radius 1 is 1.47 bits per heavy atom. The lowest BCUT2D eigenvalue weighted by molar-refractivity contribution is 0.635. The third-order valence-corrected chi connectivity index (χ3v) is 3.75. The Morgan fingerprint density at radius 3 is 3.06 bits per heavy atom. The fourth-order valence-electron chi connectivity index (χ4n) is 1.60. The number of nitrogens with zero attached hydrogens (tertiary/aromatic N) is 2. The van der Waals surface area contributed by atoms with Crippen molar-refractivity contribution >= 4 is 28.9 Å². The van der Waals surface area contributed by atoms with Crippen molar-refractivity contribution in [3.63, 3.8) is 0 Å². The van der Waals surface area contributed by atoms with Gasteiger partial charge in [-0.25, -0.2) is 4.98 Å². The van der Waals surface area contributed by atoms with E-state index < -0.39 is 0 Å². The van der Waals surface area contributed by atoms with Crippen molar-refractivity contribution in [3.8, 4) is 0 Å². The minimum absolute atomic E-state index is 0.778. The van der Waals surface area contributed by atoms with Crippen LogP contribution in [0.15, 0.2) is 24.5 Å². The van der Waals surface area contributed by atoms with E-state index in [9.17, 15) is 0 Å². The molecule has 5 heteroatoms. The first-order chi connectivity index (χ1) is 8.29. The average Bonchev–Trinajstić information content (AvgIpc) is 2.92. The fraction of sp³-hybridized carbons (Fsp3) is 0.417. The summed E-state index contributed by atoms with van der Waals surface area (Å²) in [5.41, 5.74) is 0. The Bertz CT molecular complexity index is 464. The molecule has 3 nitrogen and oxygen atoms in total. The average molecular weight is 270 g/mol. The summed E-state index contributed by atoms with van der Waals surface area (Å²) in [6, 6.07) is 3.96. The Hall–Kier alpha value is -1.000. The lowest BCUT2D eigenvalue weighted by atomic mass is 10.3. The van der Waals surface area contributed by atoms with E-state index in [1.165, 1.54) is 17.7 Å². The zero-order valence-electron chi connectivity index (χ0n) is 9.82. The summed E-state index contributed by atoms with van der Waals surface area (Å²) in [4.78, 5) is 5.54. The molecule has 0 amide bonds. The Kier molecular flexibility index (Phi) is 4.45. The third-order valence-electron chi connectivity index (χ3n) is 2.52. The molecule has 0 saturated carbocycles. The van der Waals surface area contributed by atoms with Crippen LogP contribution in [-0.4, -0.2) is 9.55 Å². The van der Waals surface area contributed by atoms with Gasteiger partial charge >= 0.3 is 0 Å². The van der Waals surface area contributed by atoms with Gasteiger partial charge in [0.2, 0.25) is 5.95 Å². The summed E-state index contributed by atoms with van der Waals surface area (Å²) in [6.45, 7) is 3.99. The van der Waals surface area contributed by atoms with E-state index in [-0.39, 0.29) is 0 Å². The molecular formula is C12H16ClN3S. The molecule has 1 N–H and O–H groups in total. The molecule has 0 aromatic carbocycles. The molecule has 0 aliphatic carbocycles. The number of rotatable bonds is 6. The molecule has 0 fully saturated rings. The minimum atomic E-state index is 0.778. The number of anilines is 1. The van der Waals surface area contributed by atoms with E-state index in [1.807, 2.05) is 24.5 Å². The van der Waals surface area contributed by atoms with Crippen LogP contribution in [0.2, 0.25) is 4.34 Å². The predicted octanol–water partition coefficient (Wildman–Crippen LogP) is 4.01. The van der Waals surface area contributed by atoms with Gasteiger partial charge in [0.05, 0.1) is 10.9 Å². The smallest absolute Gasteiger partial charge is 0.203 e. The number of nitrogens with one attached hydrogen (secondary N) is 1. The molecule has 2 aromatic rings. The lowest BCUT2D eigenvalue weighted by Crippen LogP contribution is -2.06. The summed E-state index contributed by atoms with van der Waals surface area (Å²) in [5, 5.41) is 3.34. The van der Waals surface area contributed by atoms with Gasteiger partial charge in [0.25, 0.3) is 0 Å². The molecule has 2 heterocycles. The monoisotopic (exact) mass is 269 g/mol. The summed E-state index contributed by atoms with van der Waals surface area (Å²) < 4.78 is 2.98. The molecule has 2 rings (SSSR count). The number of aryl methyl sites for hydroxylation is 1. The second-order valence-corrected chi connectivity index (χ2v) is 5.66. The van der Waals surface area contributed by atoms with E-state index >= 15 is 0 Å². The third kappa shape index (κ3) is 3.48. The number of thiophene rings is 1. The standard InChI is InChI=1S/C12H16ClN3S/c1-2-3-7-16-8-6-14-12(16)15-9-10-4-5-11(13)17-10/h4-6,8H,2-3,7,9H2,1H3,(H,14,15). The van der Waals surface area contributed by atoms with Crippen molar-refractivity contribution in [1.29, 1.82) is 0 Å². The summed E-state index contributed by atoms with van der Waals surface area (Å²) >= 11 is 7.49. The highest BCUT2D eigenvalue weighted by Gasteiger charge is 2.03. The highest BCUT2D eigenvalue weighted by Crippen LogP contribution is 2.22. The SMILES string of the molecule is CCCCn1ccnc1NCc1ccc(Cl)s1. The van der Waals surface area contributed by atoms with E-state index in [0.717, 1.165) is 23.4 Å². The number of imidazole rings is 1. The second kappa shape index (κ2) is 6.07. The van der Waals surface area contributed by atoms with Crippen LogP contribution in [0.1, 0.15) is 24.6 Å². The molecule has 0 saturated heterocycles. The van der Waals surface area contributed by atoms with Crippen LogP contribution in [0, 0.1) is 0 Å². The van der Waals surface area contributed by atoms with Crippen LogP contribution in [0.4, 0.5) is 5.95 Å². The molecule has 0 atom stereocenters. The van der Waals surface area contributed by atoms with Gasteiger partial charge in [0, 0.05) is 23.8 Å². The Morgan fingerprint density at radius 2 is 2.35 bits per heavy atom. The predicted molar refractivity (Wildman–Crippen MR) is 73.8 cm³/mol. The maximum atomic E-state index is 5.89. The molecule has 17 heavy (non-hydrogen) atoms. The van der Waals surface area contributed by atoms with Crippen molar-refractivity contribution in [2.45, 2.75) is 32.9 Å². The minimum Gasteiger partial charge on any atom is -0.351 e. The molecule has 0 aliphatic heterocycles. The van der Waals surface area contributed by atoms with Gasteiger partial charge in [-0.2, -0.15) is 0 Å². The highest BCUT2D eigenvalue weighted by molar-refractivity contribution is 7.16. The van der Waals surface area contributed by atoms with Gasteiger partial charge in [0.15, 0.2) is 0 Å². The normalized spacial score (nSPS) is 10.7. The first-order valence-corrected chi connectivity index (χ1v) is 6.98. The molecule has 0 spiro atoms. The van der Waals surface area contributed by atoms with Crippen LogP contribution < -0.4 is 5.32 Å². The van der Waals surface area contributed by atoms with Gasteiger partial charge < -0.3 is 9.88 Å². The summed E-state index contributed by atoms with van der Waals surface area (Å²) in [6.07, 6.45) is 6.22. The van der Waals surface area contributed by atoms with Crippen molar-refractivity contribution < 1.29 is 0 Å². The maximum Gasteiger partial charge on any atom is 0.203 e. The topological polar surface area (TPSA) is 29.9 Å². The van der Waals surface area contributed by atoms with Crippen LogP contribution in [0.3, 0.4) is 0 Å². The number of halogens is 1. The summed E-state index contributed by atoms with van der Waals surface area (Å²) in [5.74, 6) is 0.933. The van der Waals surface area contributed by atoms with Crippen molar-refractivity contribution in [2.75, 3.05) is 5.32 Å². The van der Waals surface area contributed by atoms with Crippen molar-refractivity contribution in [3.05, 3.63) is 33.7 Å². The number of hydrogen-bond donors (Lipinski definition) is 1. The van der Waals surface area contributed by atoms with Gasteiger partial charge in [0.1, 0.15) is 0 Å². The molecular weight excluding hydrogens is 254 g/mol. The number of hydrogen-bond acceptors (Lipinski definition) is 3. The molecule has 0 radical (unpaired) electrons. The van der Waals surface area contributed by atoms with Gasteiger partial charge in [-0.05, 0) is 18.6 Å². The van der Waals surface area contributed by atoms with Crippen molar-refractivity contribution in [2.24, 2.45) is 0 Å². The Balaban J connectivity index is 1.92. The second-order valence-electron chi connectivity index (χ2n) is 3.86. The lowest BCUT2D eigenvalue weighted by Gasteiger charge is -2.08. The zero-order valence-corrected chi connectivity index (χ0v) is 11.4. The molecule has 0 bridgehead atoms. The number of aromatic nitrogens is 2. The molecule has 0 unspecified atom stereocenters. The largest absolute Gasteiger partial charge is 0.351 e. The summed E-state index contributed by atoms with van der Waals surface area (Å²) in [7, 11) is 0. The van der Waals surface area contributed by atoms with Gasteiger partial charge in [-0.3, -0.25) is 0 Å². The van der Waals surface area contributed by atoms with Crippen LogP contribution in [0.25, 0.3) is 0 Å². The first-order valence-electron chi connectivity index (χ1n) is 5.79. The molecule has 92 valence electrons. The van der Waals surface area contributed by atoms with E-state index in [4.69, 9.17) is 11.6 Å². The maximum absolute atomic E-state index is 5.89. The quantitative estimate of drug-likeness (QED) is 0.859. The van der Waals surface area contributed by atoms with Gasteiger partial charge in [-0.15, -0.1) is 11.3 Å². The van der Waals surface area contributed by atoms with Crippen LogP contribution in [0.5, 0.6) is 0 Å². The van der Waals surface area contributed by atoms with E-state index in [0.29, 0.717) is 0 Å². The molecule has 0 aliphatic rings. The fourth-order valence-corrected chi connectivity index (χ4v) is 2.63. The number of unbranched alkanes of at least 4 members (excludes halogenated alkanes) is 1. The van der Waals surface area contributed by atoms with E-state index in [2.05, 4.69) is 21.8 Å². The Labute approximate surface area is 110 Å². The highest BCUT2D eigenvalue weighted by atomic mass is 35.5. The van der Waals surface area contributed by atoms with Crippen LogP contribution in [-0.2, 0) is 13.1 Å². The first kappa shape index (κ1) is 12.5. The van der Waals surface area contributed by atoms with E-state index in [1.54, 1.807) is 11.3 Å².